The first-order chi connectivity index (χ1) is 9.72. The molecule has 0 spiro atoms. The standard InChI is InChI=1S/C16H12N2O2/c17-12-7-13(20-18)15-14-9(5-6-11(12)14)8-3-1-2-4-10(8)16(15)19/h1-4,6-7H,5,17-18H2. The molecular weight excluding hydrogens is 252 g/mol. The van der Waals surface area contributed by atoms with Gasteiger partial charge in [-0.05, 0) is 17.6 Å². The van der Waals surface area contributed by atoms with Gasteiger partial charge in [-0.3, -0.25) is 4.79 Å². The van der Waals surface area contributed by atoms with Crippen LogP contribution in [-0.4, -0.2) is 5.78 Å². The van der Waals surface area contributed by atoms with E-state index in [-0.39, 0.29) is 5.78 Å². The Morgan fingerprint density at radius 3 is 2.65 bits per heavy atom. The molecule has 2 aromatic carbocycles. The van der Waals surface area contributed by atoms with Gasteiger partial charge in [0.2, 0.25) is 0 Å². The van der Waals surface area contributed by atoms with Crippen molar-refractivity contribution in [1.82, 2.24) is 0 Å². The zero-order valence-electron chi connectivity index (χ0n) is 10.6. The fourth-order valence-corrected chi connectivity index (χ4v) is 3.17. The minimum atomic E-state index is -0.0589. The van der Waals surface area contributed by atoms with Crippen LogP contribution in [0.3, 0.4) is 0 Å². The Kier molecular flexibility index (Phi) is 2.09. The normalized spacial score (nSPS) is 14.7. The fourth-order valence-electron chi connectivity index (χ4n) is 3.17. The number of benzene rings is 2. The molecule has 0 aromatic heterocycles. The van der Waals surface area contributed by atoms with Crippen LogP contribution in [0.2, 0.25) is 0 Å². The Morgan fingerprint density at radius 2 is 1.90 bits per heavy atom. The molecule has 4 N–H and O–H groups in total. The maximum absolute atomic E-state index is 12.7. The molecule has 0 aliphatic heterocycles. The molecule has 0 bridgehead atoms. The van der Waals surface area contributed by atoms with Crippen LogP contribution in [0.1, 0.15) is 27.9 Å². The van der Waals surface area contributed by atoms with Crippen LogP contribution in [0.15, 0.2) is 30.3 Å². The quantitative estimate of drug-likeness (QED) is 0.579. The van der Waals surface area contributed by atoms with Crippen molar-refractivity contribution in [3.05, 3.63) is 57.5 Å². The third-order valence-corrected chi connectivity index (χ3v) is 4.03. The van der Waals surface area contributed by atoms with Gasteiger partial charge in [0.25, 0.3) is 0 Å². The van der Waals surface area contributed by atoms with Gasteiger partial charge < -0.3 is 10.6 Å². The molecule has 2 aliphatic rings. The van der Waals surface area contributed by atoms with E-state index in [9.17, 15) is 4.79 Å². The molecule has 4 heteroatoms. The van der Waals surface area contributed by atoms with E-state index in [1.807, 2.05) is 24.3 Å². The van der Waals surface area contributed by atoms with Crippen molar-refractivity contribution in [2.24, 2.45) is 5.90 Å². The highest BCUT2D eigenvalue weighted by atomic mass is 16.6. The first-order valence-electron chi connectivity index (χ1n) is 6.39. The largest absolute Gasteiger partial charge is 0.411 e. The Hall–Kier alpha value is -2.59. The van der Waals surface area contributed by atoms with Gasteiger partial charge in [0.05, 0.1) is 5.56 Å². The van der Waals surface area contributed by atoms with Gasteiger partial charge in [-0.2, -0.15) is 5.90 Å². The fraction of sp³-hybridized carbons (Fsp3) is 0.0625. The van der Waals surface area contributed by atoms with Crippen LogP contribution < -0.4 is 26.9 Å². The second-order valence-electron chi connectivity index (χ2n) is 5.01. The highest BCUT2D eigenvalue weighted by molar-refractivity contribution is 6.16. The van der Waals surface area contributed by atoms with Crippen molar-refractivity contribution in [3.63, 3.8) is 0 Å². The predicted molar refractivity (Wildman–Crippen MR) is 76.4 cm³/mol. The minimum Gasteiger partial charge on any atom is -0.411 e. The number of carbonyl (C=O) groups excluding carboxylic acids is 1. The lowest BCUT2D eigenvalue weighted by molar-refractivity contribution is 0.103. The van der Waals surface area contributed by atoms with E-state index < -0.39 is 0 Å². The second-order valence-corrected chi connectivity index (χ2v) is 5.01. The molecule has 2 aromatic rings. The van der Waals surface area contributed by atoms with Crippen molar-refractivity contribution in [1.29, 1.82) is 0 Å². The summed E-state index contributed by atoms with van der Waals surface area (Å²) in [4.78, 5) is 17.6. The van der Waals surface area contributed by atoms with Crippen LogP contribution in [0.25, 0.3) is 11.6 Å². The Morgan fingerprint density at radius 1 is 1.15 bits per heavy atom. The highest BCUT2D eigenvalue weighted by Gasteiger charge is 2.29. The van der Waals surface area contributed by atoms with Gasteiger partial charge in [0.1, 0.15) is 0 Å². The van der Waals surface area contributed by atoms with Crippen LogP contribution in [0, 0.1) is 0 Å². The number of fused-ring (bicyclic) bond motifs is 2. The zero-order chi connectivity index (χ0) is 13.9. The van der Waals surface area contributed by atoms with Gasteiger partial charge in [-0.1, -0.05) is 30.3 Å². The molecular formula is C16H12N2O2. The van der Waals surface area contributed by atoms with Crippen molar-refractivity contribution >= 4 is 23.1 Å². The lowest BCUT2D eigenvalue weighted by atomic mass is 9.85. The maximum Gasteiger partial charge on any atom is 0.198 e. The second kappa shape index (κ2) is 3.71. The molecule has 0 radical (unpaired) electrons. The van der Waals surface area contributed by atoms with Gasteiger partial charge in [0.15, 0.2) is 11.5 Å². The molecule has 98 valence electrons. The van der Waals surface area contributed by atoms with E-state index in [0.717, 1.165) is 28.0 Å². The summed E-state index contributed by atoms with van der Waals surface area (Å²) in [6.45, 7) is 0. The number of nitrogen functional groups attached to an aromatic ring is 1. The van der Waals surface area contributed by atoms with Crippen LogP contribution in [-0.2, 0) is 0 Å². The van der Waals surface area contributed by atoms with Crippen molar-refractivity contribution in [3.8, 4) is 5.75 Å². The van der Waals surface area contributed by atoms with E-state index in [1.54, 1.807) is 6.07 Å². The number of rotatable bonds is 1. The summed E-state index contributed by atoms with van der Waals surface area (Å²) in [5.74, 6) is 5.60. The SMILES string of the molecule is NOc1cc(N)c2c3c1C(=O)c1ccccc1C=3CC=2. The van der Waals surface area contributed by atoms with Gasteiger partial charge in [0, 0.05) is 27.8 Å². The summed E-state index contributed by atoms with van der Waals surface area (Å²) >= 11 is 0. The Balaban J connectivity index is 2.27. The zero-order valence-corrected chi connectivity index (χ0v) is 10.6. The smallest absolute Gasteiger partial charge is 0.198 e. The Labute approximate surface area is 114 Å². The summed E-state index contributed by atoms with van der Waals surface area (Å²) in [6, 6.07) is 9.24. The lowest BCUT2D eigenvalue weighted by Gasteiger charge is -2.18. The third-order valence-electron chi connectivity index (χ3n) is 4.03. The molecule has 2 aliphatic carbocycles. The molecule has 0 saturated heterocycles. The van der Waals surface area contributed by atoms with Crippen LogP contribution >= 0.6 is 0 Å². The molecule has 0 heterocycles. The molecule has 0 saturated carbocycles. The van der Waals surface area contributed by atoms with Crippen LogP contribution in [0.5, 0.6) is 5.75 Å². The van der Waals surface area contributed by atoms with E-state index in [4.69, 9.17) is 16.5 Å². The number of anilines is 1. The molecule has 4 rings (SSSR count). The van der Waals surface area contributed by atoms with Gasteiger partial charge in [-0.25, -0.2) is 0 Å². The Bertz CT molecular complexity index is 897. The van der Waals surface area contributed by atoms with Crippen molar-refractivity contribution < 1.29 is 9.63 Å². The average molecular weight is 264 g/mol. The molecule has 0 amide bonds. The number of carbonyl (C=O) groups is 1. The highest BCUT2D eigenvalue weighted by Crippen LogP contribution is 2.31. The number of hydrogen-bond acceptors (Lipinski definition) is 4. The maximum atomic E-state index is 12.7. The minimum absolute atomic E-state index is 0.0589. The molecule has 0 fully saturated rings. The van der Waals surface area contributed by atoms with E-state index >= 15 is 0 Å². The lowest BCUT2D eigenvalue weighted by Crippen LogP contribution is -2.36. The average Bonchev–Trinajstić information content (AvgIpc) is 2.91. The summed E-state index contributed by atoms with van der Waals surface area (Å²) < 4.78 is 0. The molecule has 0 atom stereocenters. The molecule has 20 heavy (non-hydrogen) atoms. The van der Waals surface area contributed by atoms with Gasteiger partial charge in [-0.15, -0.1) is 0 Å². The number of hydrogen-bond donors (Lipinski definition) is 2. The topological polar surface area (TPSA) is 78.3 Å². The van der Waals surface area contributed by atoms with E-state index in [0.29, 0.717) is 22.6 Å². The molecule has 4 nitrogen and oxygen atoms in total. The molecule has 0 unspecified atom stereocenters. The van der Waals surface area contributed by atoms with Crippen molar-refractivity contribution in [2.45, 2.75) is 6.42 Å². The summed E-state index contributed by atoms with van der Waals surface area (Å²) in [5, 5.41) is 1.80. The van der Waals surface area contributed by atoms with E-state index in [1.165, 1.54) is 0 Å². The monoisotopic (exact) mass is 264 g/mol. The number of nitrogens with two attached hydrogens (primary N) is 2. The van der Waals surface area contributed by atoms with E-state index in [2.05, 4.69) is 6.08 Å². The first kappa shape index (κ1) is 11.3. The summed E-state index contributed by atoms with van der Waals surface area (Å²) in [6.07, 6.45) is 2.82. The first-order valence-corrected chi connectivity index (χ1v) is 6.39. The van der Waals surface area contributed by atoms with Crippen LogP contribution in [0.4, 0.5) is 5.69 Å². The van der Waals surface area contributed by atoms with Crippen molar-refractivity contribution in [2.75, 3.05) is 5.73 Å². The summed E-state index contributed by atoms with van der Waals surface area (Å²) in [7, 11) is 0. The predicted octanol–water partition coefficient (Wildman–Crippen LogP) is 0.449. The van der Waals surface area contributed by atoms with Gasteiger partial charge >= 0.3 is 0 Å². The summed E-state index contributed by atoms with van der Waals surface area (Å²) in [5.41, 5.74) is 9.94. The number of ketones is 1. The third kappa shape index (κ3) is 1.21.